The van der Waals surface area contributed by atoms with Crippen molar-refractivity contribution in [3.63, 3.8) is 0 Å². The Labute approximate surface area is 163 Å². The van der Waals surface area contributed by atoms with Crippen LogP contribution in [0.2, 0.25) is 0 Å². The lowest BCUT2D eigenvalue weighted by molar-refractivity contribution is 0.248. The van der Waals surface area contributed by atoms with Gasteiger partial charge in [-0.2, -0.15) is 0 Å². The van der Waals surface area contributed by atoms with E-state index in [1.165, 1.54) is 4.70 Å². The van der Waals surface area contributed by atoms with Crippen LogP contribution in [-0.2, 0) is 6.54 Å². The van der Waals surface area contributed by atoms with E-state index in [-0.39, 0.29) is 0 Å². The van der Waals surface area contributed by atoms with Crippen molar-refractivity contribution in [1.82, 2.24) is 19.9 Å². The highest BCUT2D eigenvalue weighted by Crippen LogP contribution is 2.27. The minimum Gasteiger partial charge on any atom is -0.497 e. The average molecular weight is 384 g/mol. The molecule has 0 unspecified atom stereocenters. The summed E-state index contributed by atoms with van der Waals surface area (Å²) in [6.07, 6.45) is 1.87. The Morgan fingerprint density at radius 2 is 1.93 bits per heavy atom. The van der Waals surface area contributed by atoms with Gasteiger partial charge in [-0.25, -0.2) is 15.0 Å². The molecule has 1 aliphatic heterocycles. The van der Waals surface area contributed by atoms with Gasteiger partial charge in [0.15, 0.2) is 0 Å². The lowest BCUT2D eigenvalue weighted by atomic mass is 10.1. The molecule has 0 N–H and O–H groups in total. The lowest BCUT2D eigenvalue weighted by Crippen LogP contribution is -2.46. The number of fused-ring (bicyclic) bond motifs is 1. The number of rotatable bonds is 5. The molecule has 0 aliphatic carbocycles. The van der Waals surface area contributed by atoms with Crippen LogP contribution in [0.5, 0.6) is 5.75 Å². The van der Waals surface area contributed by atoms with Gasteiger partial charge in [-0.15, -0.1) is 11.3 Å². The Kier molecular flexibility index (Phi) is 5.22. The standard InChI is InChI=1S/C20H25N5OS/c1-14(2)16-6-7-21-20(23-16)25-10-8-24(9-11-25)13-19-22-17-5-4-15(26-3)12-18(17)27-19/h4-7,12,14H,8-11,13H2,1-3H3. The van der Waals surface area contributed by atoms with Crippen LogP contribution >= 0.6 is 11.3 Å². The van der Waals surface area contributed by atoms with Gasteiger partial charge in [0.1, 0.15) is 10.8 Å². The molecule has 7 heteroatoms. The van der Waals surface area contributed by atoms with Crippen molar-refractivity contribution >= 4 is 27.5 Å². The minimum atomic E-state index is 0.422. The number of thiazole rings is 1. The van der Waals surface area contributed by atoms with Crippen molar-refractivity contribution in [3.05, 3.63) is 41.2 Å². The van der Waals surface area contributed by atoms with Gasteiger partial charge in [-0.05, 0) is 30.2 Å². The number of aromatic nitrogens is 3. The molecule has 0 atom stereocenters. The van der Waals surface area contributed by atoms with Crippen molar-refractivity contribution in [3.8, 4) is 5.75 Å². The number of piperazine rings is 1. The molecule has 0 bridgehead atoms. The highest BCUT2D eigenvalue weighted by molar-refractivity contribution is 7.18. The molecule has 6 nitrogen and oxygen atoms in total. The Bertz CT molecular complexity index is 918. The van der Waals surface area contributed by atoms with Gasteiger partial charge in [0.2, 0.25) is 5.95 Å². The Balaban J connectivity index is 1.39. The largest absolute Gasteiger partial charge is 0.497 e. The molecule has 0 amide bonds. The first-order chi connectivity index (χ1) is 13.1. The van der Waals surface area contributed by atoms with Crippen LogP contribution in [0.15, 0.2) is 30.5 Å². The first-order valence-corrected chi connectivity index (χ1v) is 10.2. The zero-order chi connectivity index (χ0) is 18.8. The third-order valence-electron chi connectivity index (χ3n) is 4.91. The maximum atomic E-state index is 5.31. The van der Waals surface area contributed by atoms with Crippen LogP contribution < -0.4 is 9.64 Å². The summed E-state index contributed by atoms with van der Waals surface area (Å²) in [5.41, 5.74) is 2.15. The lowest BCUT2D eigenvalue weighted by Gasteiger charge is -2.34. The fourth-order valence-corrected chi connectivity index (χ4v) is 4.32. The van der Waals surface area contributed by atoms with E-state index in [4.69, 9.17) is 14.7 Å². The summed E-state index contributed by atoms with van der Waals surface area (Å²) >= 11 is 1.75. The molecule has 1 aliphatic rings. The first kappa shape index (κ1) is 18.1. The van der Waals surface area contributed by atoms with Crippen molar-refractivity contribution in [2.75, 3.05) is 38.2 Å². The summed E-state index contributed by atoms with van der Waals surface area (Å²) < 4.78 is 6.49. The molecule has 3 aromatic rings. The number of methoxy groups -OCH3 is 1. The van der Waals surface area contributed by atoms with Crippen LogP contribution in [0, 0.1) is 0 Å². The first-order valence-electron chi connectivity index (χ1n) is 9.36. The summed E-state index contributed by atoms with van der Waals surface area (Å²) in [5, 5.41) is 1.16. The fourth-order valence-electron chi connectivity index (χ4n) is 3.28. The Morgan fingerprint density at radius 3 is 2.67 bits per heavy atom. The Hall–Kier alpha value is -2.25. The number of benzene rings is 1. The molecule has 0 spiro atoms. The van der Waals surface area contributed by atoms with Crippen molar-refractivity contribution in [1.29, 1.82) is 0 Å². The zero-order valence-electron chi connectivity index (χ0n) is 16.1. The molecule has 1 fully saturated rings. The van der Waals surface area contributed by atoms with Crippen molar-refractivity contribution in [2.24, 2.45) is 0 Å². The Morgan fingerprint density at radius 1 is 1.11 bits per heavy atom. The van der Waals surface area contributed by atoms with E-state index in [0.717, 1.165) is 60.6 Å². The van der Waals surface area contributed by atoms with Crippen molar-refractivity contribution < 1.29 is 4.74 Å². The minimum absolute atomic E-state index is 0.422. The molecule has 2 aromatic heterocycles. The van der Waals surface area contributed by atoms with Crippen LogP contribution in [0.3, 0.4) is 0 Å². The highest BCUT2D eigenvalue weighted by Gasteiger charge is 2.20. The number of hydrogen-bond acceptors (Lipinski definition) is 7. The predicted octanol–water partition coefficient (Wildman–Crippen LogP) is 3.54. The number of ether oxygens (including phenoxy) is 1. The summed E-state index contributed by atoms with van der Waals surface area (Å²) in [4.78, 5) is 18.7. The quantitative estimate of drug-likeness (QED) is 0.672. The molecule has 0 saturated carbocycles. The molecule has 1 saturated heterocycles. The molecular weight excluding hydrogens is 358 g/mol. The van der Waals surface area contributed by atoms with E-state index in [2.05, 4.69) is 34.7 Å². The summed E-state index contributed by atoms with van der Waals surface area (Å²) in [5.74, 6) is 2.16. The van der Waals surface area contributed by atoms with E-state index in [1.54, 1.807) is 18.4 Å². The third kappa shape index (κ3) is 4.04. The molecule has 4 rings (SSSR count). The van der Waals surface area contributed by atoms with Gasteiger partial charge < -0.3 is 9.64 Å². The van der Waals surface area contributed by atoms with Crippen LogP contribution in [0.1, 0.15) is 30.5 Å². The SMILES string of the molecule is COc1ccc2nc(CN3CCN(c4nccc(C(C)C)n4)CC3)sc2c1. The smallest absolute Gasteiger partial charge is 0.225 e. The summed E-state index contributed by atoms with van der Waals surface area (Å²) in [6, 6.07) is 8.07. The molecular formula is C20H25N5OS. The van der Waals surface area contributed by atoms with E-state index in [9.17, 15) is 0 Å². The van der Waals surface area contributed by atoms with Crippen LogP contribution in [-0.4, -0.2) is 53.1 Å². The van der Waals surface area contributed by atoms with Gasteiger partial charge in [0.05, 0.1) is 23.9 Å². The maximum absolute atomic E-state index is 5.31. The van der Waals surface area contributed by atoms with Gasteiger partial charge in [0.25, 0.3) is 0 Å². The van der Waals surface area contributed by atoms with Gasteiger partial charge in [-0.1, -0.05) is 13.8 Å². The summed E-state index contributed by atoms with van der Waals surface area (Å²) in [6.45, 7) is 9.10. The fraction of sp³-hybridized carbons (Fsp3) is 0.450. The number of nitrogens with zero attached hydrogens (tertiary/aromatic N) is 5. The molecule has 27 heavy (non-hydrogen) atoms. The van der Waals surface area contributed by atoms with Gasteiger partial charge in [-0.3, -0.25) is 4.90 Å². The monoisotopic (exact) mass is 383 g/mol. The van der Waals surface area contributed by atoms with Crippen LogP contribution in [0.25, 0.3) is 10.2 Å². The normalized spacial score (nSPS) is 15.6. The van der Waals surface area contributed by atoms with E-state index < -0.39 is 0 Å². The second-order valence-corrected chi connectivity index (χ2v) is 8.26. The van der Waals surface area contributed by atoms with Gasteiger partial charge in [0, 0.05) is 38.1 Å². The van der Waals surface area contributed by atoms with Crippen LogP contribution in [0.4, 0.5) is 5.95 Å². The van der Waals surface area contributed by atoms with E-state index >= 15 is 0 Å². The van der Waals surface area contributed by atoms with Crippen molar-refractivity contribution in [2.45, 2.75) is 26.3 Å². The second-order valence-electron chi connectivity index (χ2n) is 7.14. The zero-order valence-corrected chi connectivity index (χ0v) is 16.9. The molecule has 3 heterocycles. The second kappa shape index (κ2) is 7.78. The van der Waals surface area contributed by atoms with Gasteiger partial charge >= 0.3 is 0 Å². The van der Waals surface area contributed by atoms with E-state index in [1.807, 2.05) is 24.4 Å². The van der Waals surface area contributed by atoms with E-state index in [0.29, 0.717) is 5.92 Å². The average Bonchev–Trinajstić information content (AvgIpc) is 3.10. The molecule has 0 radical (unpaired) electrons. The number of hydrogen-bond donors (Lipinski definition) is 0. The predicted molar refractivity (Wildman–Crippen MR) is 110 cm³/mol. The number of anilines is 1. The molecule has 142 valence electrons. The topological polar surface area (TPSA) is 54.4 Å². The highest BCUT2D eigenvalue weighted by atomic mass is 32.1. The maximum Gasteiger partial charge on any atom is 0.225 e. The molecule has 1 aromatic carbocycles. The summed E-state index contributed by atoms with van der Waals surface area (Å²) in [7, 11) is 1.70. The third-order valence-corrected chi connectivity index (χ3v) is 5.91.